The van der Waals surface area contributed by atoms with Gasteiger partial charge in [0.25, 0.3) is 5.91 Å². The molecule has 5 amide bonds. The second-order valence-corrected chi connectivity index (χ2v) is 17.1. The molecule has 0 aromatic heterocycles. The summed E-state index contributed by atoms with van der Waals surface area (Å²) in [5.41, 5.74) is 1.52. The zero-order valence-corrected chi connectivity index (χ0v) is 37.3. The number of rotatable bonds is 23. The lowest BCUT2D eigenvalue weighted by atomic mass is 9.83. The Balaban J connectivity index is 1.41. The largest absolute Gasteiger partial charge is 0.497 e. The van der Waals surface area contributed by atoms with Crippen LogP contribution < -0.4 is 31.3 Å². The number of Topliss-reactive ketones (excluding diaryl/α,β-unsaturated/α-hetero) is 1. The van der Waals surface area contributed by atoms with Gasteiger partial charge in [-0.05, 0) is 94.0 Å². The van der Waals surface area contributed by atoms with E-state index in [1.807, 2.05) is 54.6 Å². The maximum Gasteiger partial charge on any atom is 0.333 e. The van der Waals surface area contributed by atoms with Gasteiger partial charge in [0.1, 0.15) is 23.4 Å². The van der Waals surface area contributed by atoms with Crippen molar-refractivity contribution in [2.24, 2.45) is 5.92 Å². The molecule has 14 heteroatoms. The Hall–Kier alpha value is -6.05. The van der Waals surface area contributed by atoms with E-state index in [0.29, 0.717) is 18.4 Å². The van der Waals surface area contributed by atoms with Crippen LogP contribution in [0.3, 0.4) is 0 Å². The molecule has 3 aromatic rings. The maximum atomic E-state index is 14.2. The van der Waals surface area contributed by atoms with E-state index in [0.717, 1.165) is 61.8 Å². The zero-order chi connectivity index (χ0) is 45.8. The van der Waals surface area contributed by atoms with Gasteiger partial charge >= 0.3 is 5.97 Å². The second kappa shape index (κ2) is 25.2. The quantitative estimate of drug-likeness (QED) is 0.0473. The Labute approximate surface area is 371 Å². The van der Waals surface area contributed by atoms with Crippen LogP contribution in [-0.2, 0) is 51.1 Å². The van der Waals surface area contributed by atoms with E-state index < -0.39 is 71.7 Å². The van der Waals surface area contributed by atoms with Crippen LogP contribution in [0.15, 0.2) is 84.9 Å². The number of hydrogen-bond acceptors (Lipinski definition) is 9. The van der Waals surface area contributed by atoms with E-state index in [1.54, 1.807) is 65.1 Å². The molecule has 0 radical (unpaired) electrons. The van der Waals surface area contributed by atoms with Crippen LogP contribution in [0.4, 0.5) is 0 Å². The van der Waals surface area contributed by atoms with Crippen molar-refractivity contribution in [1.82, 2.24) is 26.6 Å². The van der Waals surface area contributed by atoms with Gasteiger partial charge in [-0.15, -0.1) is 0 Å². The number of hydrogen-bond donors (Lipinski definition) is 5. The molecule has 0 aliphatic heterocycles. The van der Waals surface area contributed by atoms with Gasteiger partial charge in [0.15, 0.2) is 6.04 Å². The Kier molecular flexibility index (Phi) is 19.8. The third-order valence-electron chi connectivity index (χ3n) is 10.8. The highest BCUT2D eigenvalue weighted by Crippen LogP contribution is 2.27. The van der Waals surface area contributed by atoms with Crippen LogP contribution in [0.25, 0.3) is 0 Å². The summed E-state index contributed by atoms with van der Waals surface area (Å²) in [6.07, 6.45) is 7.42. The molecule has 0 bridgehead atoms. The molecule has 1 saturated carbocycles. The van der Waals surface area contributed by atoms with Crippen molar-refractivity contribution in [3.05, 3.63) is 102 Å². The van der Waals surface area contributed by atoms with Crippen molar-refractivity contribution < 1.29 is 43.0 Å². The number of ketones is 1. The molecule has 63 heavy (non-hydrogen) atoms. The number of nitrogens with one attached hydrogen (secondary N) is 5. The molecule has 3 aromatic carbocycles. The van der Waals surface area contributed by atoms with Crippen molar-refractivity contribution >= 4 is 41.3 Å². The summed E-state index contributed by atoms with van der Waals surface area (Å²) in [4.78, 5) is 94.6. The topological polar surface area (TPSA) is 198 Å². The average Bonchev–Trinajstić information content (AvgIpc) is 3.27. The smallest absolute Gasteiger partial charge is 0.333 e. The molecule has 4 rings (SSSR count). The number of ether oxygens (including phenoxy) is 2. The molecule has 0 spiro atoms. The van der Waals surface area contributed by atoms with Crippen molar-refractivity contribution in [3.8, 4) is 5.75 Å². The molecule has 14 nitrogen and oxygen atoms in total. The SMILES string of the molecule is CCCC(NC(=O)C(Cc1ccccc1)NC(=O)C(NC(=O)CCCCc1ccc(OC)cc1)C1CCCCC1)C(=O)C(=O)NCC(=O)NC(C(=O)OC(C)(C)C)c1ccccc1. The molecule has 1 aliphatic carbocycles. The lowest BCUT2D eigenvalue weighted by Crippen LogP contribution is -2.59. The van der Waals surface area contributed by atoms with Crippen molar-refractivity contribution in [3.63, 3.8) is 0 Å². The van der Waals surface area contributed by atoms with E-state index in [1.165, 1.54) is 0 Å². The predicted molar refractivity (Wildman–Crippen MR) is 239 cm³/mol. The number of benzene rings is 3. The van der Waals surface area contributed by atoms with E-state index in [4.69, 9.17) is 9.47 Å². The second-order valence-electron chi connectivity index (χ2n) is 17.1. The number of carbonyl (C=O) groups is 7. The van der Waals surface area contributed by atoms with Crippen LogP contribution >= 0.6 is 0 Å². The Morgan fingerprint density at radius 3 is 1.95 bits per heavy atom. The third kappa shape index (κ3) is 17.0. The number of aryl methyl sites for hydroxylation is 1. The van der Waals surface area contributed by atoms with Crippen molar-refractivity contribution in [1.29, 1.82) is 0 Å². The first kappa shape index (κ1) is 49.6. The fraction of sp³-hybridized carbons (Fsp3) is 0.490. The van der Waals surface area contributed by atoms with Crippen LogP contribution in [0.1, 0.15) is 115 Å². The van der Waals surface area contributed by atoms with Gasteiger partial charge in [0, 0.05) is 12.8 Å². The molecule has 0 saturated heterocycles. The van der Waals surface area contributed by atoms with E-state index >= 15 is 0 Å². The molecule has 4 atom stereocenters. The van der Waals surface area contributed by atoms with Gasteiger partial charge in [0.05, 0.1) is 19.7 Å². The number of carbonyl (C=O) groups excluding carboxylic acids is 7. The molecule has 340 valence electrons. The lowest BCUT2D eigenvalue weighted by Gasteiger charge is -2.31. The maximum absolute atomic E-state index is 14.2. The number of methoxy groups -OCH3 is 1. The van der Waals surface area contributed by atoms with Gasteiger partial charge in [-0.3, -0.25) is 28.8 Å². The molecular weight excluding hydrogens is 803 g/mol. The minimum Gasteiger partial charge on any atom is -0.497 e. The number of amides is 5. The molecule has 4 unspecified atom stereocenters. The molecule has 0 heterocycles. The highest BCUT2D eigenvalue weighted by molar-refractivity contribution is 6.38. The first-order valence-electron chi connectivity index (χ1n) is 22.1. The van der Waals surface area contributed by atoms with Crippen LogP contribution in [-0.4, -0.2) is 78.7 Å². The molecule has 5 N–H and O–H groups in total. The Bertz CT molecular complexity index is 1960. The first-order valence-corrected chi connectivity index (χ1v) is 22.1. The van der Waals surface area contributed by atoms with E-state index in [2.05, 4.69) is 26.6 Å². The first-order chi connectivity index (χ1) is 30.2. The standard InChI is InChI=1S/C49H65N5O9/c1-6-18-38(44(57)47(60)50-32-41(56)54-43(36-24-14-9-15-25-36)48(61)63-49(2,3)4)51-45(58)39(31-34-20-10-7-11-21-34)52-46(59)42(35-22-12-8-13-23-35)53-40(55)26-17-16-19-33-27-29-37(62-5)30-28-33/h7,9-11,14-15,20-21,24-25,27-30,35,38-39,42-43H,6,8,12-13,16-19,22-23,26,31-32H2,1-5H3,(H,50,60)(H,51,58)(H,52,59)(H,53,55)(H,54,56). The summed E-state index contributed by atoms with van der Waals surface area (Å²) in [6.45, 7) is 6.26. The molecular formula is C49H65N5O9. The Morgan fingerprint density at radius 1 is 0.698 bits per heavy atom. The fourth-order valence-electron chi connectivity index (χ4n) is 7.57. The third-order valence-corrected chi connectivity index (χ3v) is 10.8. The van der Waals surface area contributed by atoms with Crippen LogP contribution in [0.2, 0.25) is 0 Å². The fourth-order valence-corrected chi connectivity index (χ4v) is 7.57. The van der Waals surface area contributed by atoms with Crippen LogP contribution in [0, 0.1) is 5.92 Å². The van der Waals surface area contributed by atoms with Gasteiger partial charge < -0.3 is 36.1 Å². The highest BCUT2D eigenvalue weighted by Gasteiger charge is 2.35. The normalized spacial score (nSPS) is 14.7. The van der Waals surface area contributed by atoms with Crippen LogP contribution in [0.5, 0.6) is 5.75 Å². The van der Waals surface area contributed by atoms with Gasteiger partial charge in [-0.1, -0.05) is 105 Å². The summed E-state index contributed by atoms with van der Waals surface area (Å²) >= 11 is 0. The van der Waals surface area contributed by atoms with Crippen molar-refractivity contribution in [2.45, 2.75) is 135 Å². The zero-order valence-electron chi connectivity index (χ0n) is 37.3. The monoisotopic (exact) mass is 867 g/mol. The molecule has 1 fully saturated rings. The minimum absolute atomic E-state index is 0.0781. The summed E-state index contributed by atoms with van der Waals surface area (Å²) in [6, 6.07) is 20.9. The lowest BCUT2D eigenvalue weighted by molar-refractivity contribution is -0.158. The number of esters is 1. The molecule has 1 aliphatic rings. The van der Waals surface area contributed by atoms with E-state index in [-0.39, 0.29) is 31.1 Å². The van der Waals surface area contributed by atoms with Crippen molar-refractivity contribution in [2.75, 3.05) is 13.7 Å². The van der Waals surface area contributed by atoms with E-state index in [9.17, 15) is 33.6 Å². The summed E-state index contributed by atoms with van der Waals surface area (Å²) < 4.78 is 10.7. The number of unbranched alkanes of at least 4 members (excludes halogenated alkanes) is 1. The summed E-state index contributed by atoms with van der Waals surface area (Å²) in [5, 5.41) is 13.5. The average molecular weight is 868 g/mol. The predicted octanol–water partition coefficient (Wildman–Crippen LogP) is 5.37. The highest BCUT2D eigenvalue weighted by atomic mass is 16.6. The van der Waals surface area contributed by atoms with Gasteiger partial charge in [-0.25, -0.2) is 4.79 Å². The Morgan fingerprint density at radius 2 is 1.33 bits per heavy atom. The minimum atomic E-state index is -1.27. The summed E-state index contributed by atoms with van der Waals surface area (Å²) in [5.74, 6) is -4.28. The van der Waals surface area contributed by atoms with Gasteiger partial charge in [0.2, 0.25) is 29.4 Å². The summed E-state index contributed by atoms with van der Waals surface area (Å²) in [7, 11) is 1.62. The van der Waals surface area contributed by atoms with Gasteiger partial charge in [-0.2, -0.15) is 0 Å².